The smallest absolute Gasteiger partial charge is 0.271 e. The first-order chi connectivity index (χ1) is 15.4. The number of anilines is 1. The van der Waals surface area contributed by atoms with Gasteiger partial charge in [-0.2, -0.15) is 0 Å². The number of nitro benzene ring substituents is 1. The summed E-state index contributed by atoms with van der Waals surface area (Å²) in [6.45, 7) is 6.27. The number of thiophene rings is 1. The van der Waals surface area contributed by atoms with E-state index in [1.807, 2.05) is 0 Å². The van der Waals surface area contributed by atoms with Gasteiger partial charge in [0.15, 0.2) is 5.16 Å². The second kappa shape index (κ2) is 9.25. The number of allylic oxidation sites excluding steroid dienone is 1. The Morgan fingerprint density at radius 2 is 2.31 bits per heavy atom. The summed E-state index contributed by atoms with van der Waals surface area (Å²) in [5.74, 6) is 0.270. The number of thioether (sulfide) groups is 1. The minimum Gasteiger partial charge on any atom is -0.325 e. The van der Waals surface area contributed by atoms with Gasteiger partial charge in [0.05, 0.1) is 16.1 Å². The second-order valence-electron chi connectivity index (χ2n) is 7.78. The number of nitrogens with zero attached hydrogens (tertiary/aromatic N) is 3. The third-order valence-corrected chi connectivity index (χ3v) is 7.49. The van der Waals surface area contributed by atoms with Crippen molar-refractivity contribution in [2.75, 3.05) is 11.1 Å². The van der Waals surface area contributed by atoms with Gasteiger partial charge in [0.1, 0.15) is 4.83 Å². The predicted octanol–water partition coefficient (Wildman–Crippen LogP) is 4.41. The van der Waals surface area contributed by atoms with Crippen molar-refractivity contribution >= 4 is 50.6 Å². The van der Waals surface area contributed by atoms with Crippen LogP contribution in [0.4, 0.5) is 11.4 Å². The minimum atomic E-state index is -0.515. The lowest BCUT2D eigenvalue weighted by Crippen LogP contribution is -2.24. The van der Waals surface area contributed by atoms with Crippen LogP contribution in [-0.4, -0.2) is 26.1 Å². The van der Waals surface area contributed by atoms with Gasteiger partial charge in [0.25, 0.3) is 11.2 Å². The van der Waals surface area contributed by atoms with Crippen LogP contribution >= 0.6 is 23.1 Å². The molecule has 0 saturated heterocycles. The van der Waals surface area contributed by atoms with Crippen LogP contribution in [0.15, 0.2) is 46.9 Å². The number of carbonyl (C=O) groups excluding carboxylic acids is 1. The third-order valence-electron chi connectivity index (χ3n) is 5.36. The zero-order valence-electron chi connectivity index (χ0n) is 17.5. The summed E-state index contributed by atoms with van der Waals surface area (Å²) in [7, 11) is 0. The van der Waals surface area contributed by atoms with Crippen LogP contribution in [0.1, 0.15) is 23.8 Å². The van der Waals surface area contributed by atoms with Gasteiger partial charge in [-0.3, -0.25) is 24.3 Å². The zero-order valence-corrected chi connectivity index (χ0v) is 19.1. The molecule has 0 spiro atoms. The minimum absolute atomic E-state index is 0.0138. The molecule has 0 radical (unpaired) electrons. The van der Waals surface area contributed by atoms with E-state index in [9.17, 15) is 19.7 Å². The summed E-state index contributed by atoms with van der Waals surface area (Å²) in [6, 6.07) is 5.76. The Hall–Kier alpha value is -2.98. The van der Waals surface area contributed by atoms with E-state index in [4.69, 9.17) is 4.98 Å². The zero-order chi connectivity index (χ0) is 22.8. The molecule has 2 aromatic heterocycles. The van der Waals surface area contributed by atoms with Gasteiger partial charge in [-0.25, -0.2) is 4.98 Å². The number of non-ortho nitro benzene ring substituents is 1. The molecule has 4 rings (SSSR count). The first kappa shape index (κ1) is 22.2. The molecule has 10 heteroatoms. The van der Waals surface area contributed by atoms with Crippen LogP contribution < -0.4 is 10.9 Å². The van der Waals surface area contributed by atoms with Crippen molar-refractivity contribution in [3.8, 4) is 0 Å². The topological polar surface area (TPSA) is 107 Å². The Kier molecular flexibility index (Phi) is 6.43. The molecule has 8 nitrogen and oxygen atoms in total. The highest BCUT2D eigenvalue weighted by Crippen LogP contribution is 2.36. The number of nitrogens with one attached hydrogen (secondary N) is 1. The quantitative estimate of drug-likeness (QED) is 0.180. The van der Waals surface area contributed by atoms with Gasteiger partial charge in [0, 0.05) is 29.2 Å². The van der Waals surface area contributed by atoms with Crippen molar-refractivity contribution in [1.29, 1.82) is 0 Å². The molecule has 3 aromatic rings. The van der Waals surface area contributed by atoms with Crippen molar-refractivity contribution in [1.82, 2.24) is 9.55 Å². The number of rotatable bonds is 7. The summed E-state index contributed by atoms with van der Waals surface area (Å²) < 4.78 is 1.56. The molecule has 1 aliphatic rings. The molecule has 1 N–H and O–H groups in total. The number of benzene rings is 1. The molecule has 0 aliphatic heterocycles. The van der Waals surface area contributed by atoms with Crippen LogP contribution in [0, 0.1) is 16.0 Å². The molecule has 2 heterocycles. The molecule has 1 aliphatic carbocycles. The Balaban J connectivity index is 1.58. The maximum atomic E-state index is 13.3. The van der Waals surface area contributed by atoms with Gasteiger partial charge >= 0.3 is 0 Å². The van der Waals surface area contributed by atoms with Crippen LogP contribution in [-0.2, 0) is 24.2 Å². The number of fused-ring (bicyclic) bond motifs is 3. The molecule has 0 saturated carbocycles. The lowest BCUT2D eigenvalue weighted by Gasteiger charge is -2.17. The summed E-state index contributed by atoms with van der Waals surface area (Å²) in [5.41, 5.74) is 1.28. The number of hydrogen-bond acceptors (Lipinski definition) is 7. The van der Waals surface area contributed by atoms with E-state index in [0.717, 1.165) is 29.7 Å². The molecule has 0 bridgehead atoms. The first-order valence-corrected chi connectivity index (χ1v) is 12.0. The van der Waals surface area contributed by atoms with Crippen molar-refractivity contribution in [3.05, 3.63) is 67.8 Å². The van der Waals surface area contributed by atoms with Gasteiger partial charge in [-0.15, -0.1) is 17.9 Å². The largest absolute Gasteiger partial charge is 0.325 e. The fourth-order valence-electron chi connectivity index (χ4n) is 3.83. The van der Waals surface area contributed by atoms with Gasteiger partial charge < -0.3 is 5.32 Å². The third kappa shape index (κ3) is 4.46. The Morgan fingerprint density at radius 1 is 1.50 bits per heavy atom. The number of carbonyl (C=O) groups is 1. The molecular weight excluding hydrogens is 448 g/mol. The van der Waals surface area contributed by atoms with E-state index in [-0.39, 0.29) is 22.9 Å². The molecule has 0 fully saturated rings. The highest BCUT2D eigenvalue weighted by Gasteiger charge is 2.24. The molecule has 1 atom stereocenters. The van der Waals surface area contributed by atoms with E-state index < -0.39 is 4.92 Å². The SMILES string of the molecule is C=CCn1c(SCC(=O)Nc2cccc([N+](=O)[O-])c2)nc2sc3c(c2c1=O)CCC(C)C3. The second-order valence-corrected chi connectivity index (χ2v) is 9.80. The fourth-order valence-corrected chi connectivity index (χ4v) is 6.06. The van der Waals surface area contributed by atoms with Crippen molar-refractivity contribution in [3.63, 3.8) is 0 Å². The van der Waals surface area contributed by atoms with E-state index in [1.54, 1.807) is 28.0 Å². The van der Waals surface area contributed by atoms with E-state index in [1.165, 1.54) is 34.8 Å². The summed E-state index contributed by atoms with van der Waals surface area (Å²) >= 11 is 2.74. The van der Waals surface area contributed by atoms with E-state index in [0.29, 0.717) is 28.7 Å². The average molecular weight is 471 g/mol. The number of hydrogen-bond donors (Lipinski definition) is 1. The lowest BCUT2D eigenvalue weighted by molar-refractivity contribution is -0.384. The molecule has 1 aromatic carbocycles. The van der Waals surface area contributed by atoms with Crippen molar-refractivity contribution in [2.24, 2.45) is 5.92 Å². The number of nitro groups is 1. The van der Waals surface area contributed by atoms with Gasteiger partial charge in [-0.1, -0.05) is 30.8 Å². The van der Waals surface area contributed by atoms with Crippen molar-refractivity contribution in [2.45, 2.75) is 37.9 Å². The average Bonchev–Trinajstić information content (AvgIpc) is 3.12. The van der Waals surface area contributed by atoms with Gasteiger partial charge in [0.2, 0.25) is 5.91 Å². The number of amides is 1. The normalized spacial score (nSPS) is 15.3. The van der Waals surface area contributed by atoms with Crippen LogP contribution in [0.3, 0.4) is 0 Å². The molecule has 1 amide bonds. The standard InChI is InChI=1S/C22H22N4O4S2/c1-3-9-25-21(28)19-16-8-7-13(2)10-17(16)32-20(19)24-22(25)31-12-18(27)23-14-5-4-6-15(11-14)26(29)30/h3-6,11,13H,1,7-10,12H2,2H3,(H,23,27). The van der Waals surface area contributed by atoms with Crippen LogP contribution in [0.25, 0.3) is 10.2 Å². The fraction of sp³-hybridized carbons (Fsp3) is 0.318. The Morgan fingerprint density at radius 3 is 3.06 bits per heavy atom. The molecule has 166 valence electrons. The molecular formula is C22H22N4O4S2. The summed E-state index contributed by atoms with van der Waals surface area (Å²) in [4.78, 5) is 42.8. The highest BCUT2D eigenvalue weighted by atomic mass is 32.2. The Labute approximate surface area is 192 Å². The van der Waals surface area contributed by atoms with Crippen molar-refractivity contribution < 1.29 is 9.72 Å². The summed E-state index contributed by atoms with van der Waals surface area (Å²) in [6.07, 6.45) is 4.56. The predicted molar refractivity (Wildman–Crippen MR) is 128 cm³/mol. The lowest BCUT2D eigenvalue weighted by atomic mass is 9.89. The maximum Gasteiger partial charge on any atom is 0.271 e. The van der Waals surface area contributed by atoms with Crippen LogP contribution in [0.2, 0.25) is 0 Å². The molecule has 1 unspecified atom stereocenters. The molecule has 32 heavy (non-hydrogen) atoms. The highest BCUT2D eigenvalue weighted by molar-refractivity contribution is 7.99. The number of aromatic nitrogens is 2. The monoisotopic (exact) mass is 470 g/mol. The van der Waals surface area contributed by atoms with Gasteiger partial charge in [-0.05, 0) is 36.8 Å². The summed E-state index contributed by atoms with van der Waals surface area (Å²) in [5, 5.41) is 14.7. The maximum absolute atomic E-state index is 13.3. The van der Waals surface area contributed by atoms with Crippen LogP contribution in [0.5, 0.6) is 0 Å². The Bertz CT molecular complexity index is 1280. The number of aryl methyl sites for hydroxylation is 1. The van der Waals surface area contributed by atoms with E-state index in [2.05, 4.69) is 18.8 Å². The van der Waals surface area contributed by atoms with E-state index >= 15 is 0 Å². The first-order valence-electron chi connectivity index (χ1n) is 10.2.